The second-order valence-electron chi connectivity index (χ2n) is 7.96. The first-order valence-corrected chi connectivity index (χ1v) is 10.2. The maximum Gasteiger partial charge on any atom is 0.244 e. The van der Waals surface area contributed by atoms with E-state index in [0.717, 1.165) is 25.7 Å². The third-order valence-electron chi connectivity index (χ3n) is 5.90. The van der Waals surface area contributed by atoms with Gasteiger partial charge < -0.3 is 10.2 Å². The topological polar surface area (TPSA) is 49.4 Å². The molecule has 4 nitrogen and oxygen atoms in total. The third-order valence-corrected chi connectivity index (χ3v) is 5.90. The molecular weight excluding hydrogens is 374 g/mol. The number of anilines is 1. The summed E-state index contributed by atoms with van der Waals surface area (Å²) < 4.78 is 27.6. The molecule has 2 aliphatic rings. The molecule has 0 bridgehead atoms. The SMILES string of the molecule is O=C1CN(C(=O)CC2CCCCC2)C(c2ccc(F)cc2)c2cc(F)ccc2N1. The van der Waals surface area contributed by atoms with Gasteiger partial charge in [0.25, 0.3) is 0 Å². The van der Waals surface area contributed by atoms with Gasteiger partial charge in [0.15, 0.2) is 0 Å². The molecule has 6 heteroatoms. The molecule has 1 N–H and O–H groups in total. The number of hydrogen-bond donors (Lipinski definition) is 1. The number of benzene rings is 2. The second kappa shape index (κ2) is 8.31. The highest BCUT2D eigenvalue weighted by atomic mass is 19.1. The Labute approximate surface area is 168 Å². The summed E-state index contributed by atoms with van der Waals surface area (Å²) in [5.41, 5.74) is 1.62. The fourth-order valence-corrected chi connectivity index (χ4v) is 4.47. The number of rotatable bonds is 3. The zero-order valence-corrected chi connectivity index (χ0v) is 16.2. The van der Waals surface area contributed by atoms with E-state index in [1.165, 1.54) is 41.7 Å². The molecule has 0 aromatic heterocycles. The van der Waals surface area contributed by atoms with Crippen molar-refractivity contribution in [2.75, 3.05) is 11.9 Å². The second-order valence-corrected chi connectivity index (χ2v) is 7.96. The van der Waals surface area contributed by atoms with Gasteiger partial charge in [-0.05, 0) is 54.7 Å². The molecule has 2 amide bonds. The number of carbonyl (C=O) groups is 2. The largest absolute Gasteiger partial charge is 0.324 e. The summed E-state index contributed by atoms with van der Waals surface area (Å²) in [5.74, 6) is -0.982. The van der Waals surface area contributed by atoms with Crippen molar-refractivity contribution in [3.05, 3.63) is 65.2 Å². The van der Waals surface area contributed by atoms with Crippen LogP contribution in [0.5, 0.6) is 0 Å². The van der Waals surface area contributed by atoms with E-state index in [9.17, 15) is 18.4 Å². The van der Waals surface area contributed by atoms with Gasteiger partial charge in [0.1, 0.15) is 18.2 Å². The first-order valence-electron chi connectivity index (χ1n) is 10.2. The van der Waals surface area contributed by atoms with Crippen molar-refractivity contribution < 1.29 is 18.4 Å². The van der Waals surface area contributed by atoms with E-state index < -0.39 is 17.7 Å². The van der Waals surface area contributed by atoms with Gasteiger partial charge in [-0.25, -0.2) is 8.78 Å². The molecule has 29 heavy (non-hydrogen) atoms. The summed E-state index contributed by atoms with van der Waals surface area (Å²) >= 11 is 0. The maximum absolute atomic E-state index is 14.1. The van der Waals surface area contributed by atoms with Crippen molar-refractivity contribution >= 4 is 17.5 Å². The van der Waals surface area contributed by atoms with Gasteiger partial charge in [-0.2, -0.15) is 0 Å². The highest BCUT2D eigenvalue weighted by Crippen LogP contribution is 2.37. The van der Waals surface area contributed by atoms with Crippen molar-refractivity contribution in [1.29, 1.82) is 0 Å². The van der Waals surface area contributed by atoms with Crippen molar-refractivity contribution in [3.63, 3.8) is 0 Å². The zero-order chi connectivity index (χ0) is 20.4. The number of nitrogens with zero attached hydrogens (tertiary/aromatic N) is 1. The van der Waals surface area contributed by atoms with Gasteiger partial charge in [-0.1, -0.05) is 31.4 Å². The minimum Gasteiger partial charge on any atom is -0.324 e. The number of fused-ring (bicyclic) bond motifs is 1. The van der Waals surface area contributed by atoms with E-state index in [-0.39, 0.29) is 18.4 Å². The minimum atomic E-state index is -0.656. The highest BCUT2D eigenvalue weighted by molar-refractivity contribution is 5.97. The summed E-state index contributed by atoms with van der Waals surface area (Å²) in [7, 11) is 0. The lowest BCUT2D eigenvalue weighted by molar-refractivity contribution is -0.137. The van der Waals surface area contributed by atoms with Crippen LogP contribution in [0.1, 0.15) is 55.7 Å². The van der Waals surface area contributed by atoms with Crippen LogP contribution in [0.25, 0.3) is 0 Å². The normalized spacial score (nSPS) is 20.0. The van der Waals surface area contributed by atoms with Gasteiger partial charge in [-0.15, -0.1) is 0 Å². The smallest absolute Gasteiger partial charge is 0.244 e. The molecule has 2 aromatic rings. The molecule has 2 aromatic carbocycles. The van der Waals surface area contributed by atoms with Gasteiger partial charge in [0.2, 0.25) is 11.8 Å². The molecule has 152 valence electrons. The maximum atomic E-state index is 14.1. The molecule has 1 unspecified atom stereocenters. The predicted molar refractivity (Wildman–Crippen MR) is 106 cm³/mol. The van der Waals surface area contributed by atoms with Crippen LogP contribution < -0.4 is 5.32 Å². The molecule has 1 aliphatic heterocycles. The van der Waals surface area contributed by atoms with Crippen LogP contribution in [0.3, 0.4) is 0 Å². The van der Waals surface area contributed by atoms with Crippen molar-refractivity contribution in [2.45, 2.75) is 44.6 Å². The van der Waals surface area contributed by atoms with E-state index in [1.807, 2.05) is 0 Å². The van der Waals surface area contributed by atoms with E-state index in [4.69, 9.17) is 0 Å². The Balaban J connectivity index is 1.74. The average Bonchev–Trinajstić information content (AvgIpc) is 2.85. The lowest BCUT2D eigenvalue weighted by atomic mass is 9.86. The van der Waals surface area contributed by atoms with Gasteiger partial charge >= 0.3 is 0 Å². The van der Waals surface area contributed by atoms with Crippen molar-refractivity contribution in [2.24, 2.45) is 5.92 Å². The summed E-state index contributed by atoms with van der Waals surface area (Å²) in [6.45, 7) is -0.121. The number of nitrogens with one attached hydrogen (secondary N) is 1. The van der Waals surface area contributed by atoms with Crippen LogP contribution in [0.2, 0.25) is 0 Å². The van der Waals surface area contributed by atoms with E-state index in [1.54, 1.807) is 12.1 Å². The van der Waals surface area contributed by atoms with Gasteiger partial charge in [0.05, 0.1) is 6.04 Å². The Morgan fingerprint density at radius 3 is 2.41 bits per heavy atom. The molecule has 1 heterocycles. The summed E-state index contributed by atoms with van der Waals surface area (Å²) in [4.78, 5) is 27.3. The quantitative estimate of drug-likeness (QED) is 0.807. The molecule has 0 radical (unpaired) electrons. The Kier molecular flexibility index (Phi) is 5.60. The van der Waals surface area contributed by atoms with Crippen LogP contribution in [-0.2, 0) is 9.59 Å². The first kappa shape index (κ1) is 19.6. The van der Waals surface area contributed by atoms with Crippen LogP contribution >= 0.6 is 0 Å². The molecule has 1 saturated carbocycles. The Bertz CT molecular complexity index is 908. The fraction of sp³-hybridized carbons (Fsp3) is 0.391. The van der Waals surface area contributed by atoms with Crippen LogP contribution in [0.4, 0.5) is 14.5 Å². The molecule has 0 saturated heterocycles. The molecular formula is C23H24F2N2O2. The molecule has 0 spiro atoms. The Morgan fingerprint density at radius 2 is 1.69 bits per heavy atom. The zero-order valence-electron chi connectivity index (χ0n) is 16.2. The monoisotopic (exact) mass is 398 g/mol. The van der Waals surface area contributed by atoms with Gasteiger partial charge in [-0.3, -0.25) is 9.59 Å². The average molecular weight is 398 g/mol. The Morgan fingerprint density at radius 1 is 1.00 bits per heavy atom. The van der Waals surface area contributed by atoms with E-state index in [2.05, 4.69) is 5.32 Å². The molecule has 1 fully saturated rings. The molecule has 4 rings (SSSR count). The van der Waals surface area contributed by atoms with E-state index in [0.29, 0.717) is 29.2 Å². The number of amides is 2. The number of halogens is 2. The van der Waals surface area contributed by atoms with Crippen LogP contribution in [0.15, 0.2) is 42.5 Å². The molecule has 1 aliphatic carbocycles. The van der Waals surface area contributed by atoms with Gasteiger partial charge in [0, 0.05) is 17.7 Å². The van der Waals surface area contributed by atoms with Crippen LogP contribution in [0, 0.1) is 17.6 Å². The van der Waals surface area contributed by atoms with Crippen molar-refractivity contribution in [3.8, 4) is 0 Å². The lowest BCUT2D eigenvalue weighted by Crippen LogP contribution is -2.39. The van der Waals surface area contributed by atoms with Crippen molar-refractivity contribution in [1.82, 2.24) is 4.90 Å². The predicted octanol–water partition coefficient (Wildman–Crippen LogP) is 4.81. The standard InChI is InChI=1S/C23H24F2N2O2/c24-17-8-6-16(7-9-17)23-19-13-18(25)10-11-20(19)26-21(28)14-27(23)22(29)12-15-4-2-1-3-5-15/h6-11,13,15,23H,1-5,12,14H2,(H,26,28). The number of hydrogen-bond acceptors (Lipinski definition) is 2. The first-order chi connectivity index (χ1) is 14.0. The van der Waals surface area contributed by atoms with Crippen LogP contribution in [-0.4, -0.2) is 23.3 Å². The summed E-state index contributed by atoms with van der Waals surface area (Å²) in [6, 6.07) is 9.29. The summed E-state index contributed by atoms with van der Waals surface area (Å²) in [5, 5.41) is 2.78. The third kappa shape index (κ3) is 4.31. The minimum absolute atomic E-state index is 0.121. The Hall–Kier alpha value is -2.76. The molecule has 1 atom stereocenters. The fourth-order valence-electron chi connectivity index (χ4n) is 4.47. The summed E-state index contributed by atoms with van der Waals surface area (Å²) in [6.07, 6.45) is 5.83. The number of carbonyl (C=O) groups excluding carboxylic acids is 2. The highest BCUT2D eigenvalue weighted by Gasteiger charge is 2.34. The van der Waals surface area contributed by atoms with E-state index >= 15 is 0 Å². The lowest BCUT2D eigenvalue weighted by Gasteiger charge is -2.32.